The Morgan fingerprint density at radius 1 is 1.48 bits per heavy atom. The zero-order chi connectivity index (χ0) is 14.7. The van der Waals surface area contributed by atoms with Gasteiger partial charge in [0.25, 0.3) is 5.91 Å². The van der Waals surface area contributed by atoms with Crippen LogP contribution >= 0.6 is 0 Å². The van der Waals surface area contributed by atoms with E-state index < -0.39 is 0 Å². The van der Waals surface area contributed by atoms with Crippen LogP contribution in [0.25, 0.3) is 0 Å². The molecule has 110 valence electrons. The Kier molecular flexibility index (Phi) is 3.85. The molecule has 0 spiro atoms. The molecule has 6 heteroatoms. The van der Waals surface area contributed by atoms with Crippen molar-refractivity contribution in [3.8, 4) is 5.75 Å². The average Bonchev–Trinajstić information content (AvgIpc) is 3.14. The number of hydrogen-bond acceptors (Lipinski definition) is 4. The van der Waals surface area contributed by atoms with Gasteiger partial charge in [0.15, 0.2) is 6.61 Å². The van der Waals surface area contributed by atoms with Crippen LogP contribution in [-0.2, 0) is 11.8 Å². The first-order chi connectivity index (χ1) is 10.2. The molecular weight excluding hydrogens is 268 g/mol. The molecule has 1 fully saturated rings. The summed E-state index contributed by atoms with van der Waals surface area (Å²) in [5.74, 6) is 0.619. The van der Waals surface area contributed by atoms with E-state index in [-0.39, 0.29) is 18.6 Å². The molecule has 6 nitrogen and oxygen atoms in total. The Balaban J connectivity index is 1.63. The normalized spacial score (nSPS) is 18.0. The molecule has 0 bridgehead atoms. The number of likely N-dealkylation sites (tertiary alicyclic amines) is 1. The third-order valence-electron chi connectivity index (χ3n) is 3.68. The average molecular weight is 286 g/mol. The van der Waals surface area contributed by atoms with E-state index in [4.69, 9.17) is 4.74 Å². The Labute approximate surface area is 123 Å². The molecule has 3 rings (SSSR count). The molecule has 3 heterocycles. The van der Waals surface area contributed by atoms with Gasteiger partial charge in [-0.15, -0.1) is 0 Å². The molecule has 0 N–H and O–H groups in total. The van der Waals surface area contributed by atoms with Gasteiger partial charge >= 0.3 is 0 Å². The number of hydrogen-bond donors (Lipinski definition) is 0. The van der Waals surface area contributed by atoms with Crippen LogP contribution in [0.2, 0.25) is 0 Å². The van der Waals surface area contributed by atoms with Crippen LogP contribution in [0.5, 0.6) is 5.75 Å². The molecule has 1 atom stereocenters. The maximum Gasteiger partial charge on any atom is 0.261 e. The molecule has 0 aromatic carbocycles. The lowest BCUT2D eigenvalue weighted by atomic mass is 10.1. The second kappa shape index (κ2) is 5.95. The lowest BCUT2D eigenvalue weighted by Gasteiger charge is -2.23. The van der Waals surface area contributed by atoms with Gasteiger partial charge in [-0.2, -0.15) is 5.10 Å². The Morgan fingerprint density at radius 3 is 3.10 bits per heavy atom. The summed E-state index contributed by atoms with van der Waals surface area (Å²) < 4.78 is 7.26. The SMILES string of the molecule is Cn1cc([C@@H]2CCCN2C(=O)COc2cccnc2)cn1. The monoisotopic (exact) mass is 286 g/mol. The Bertz CT molecular complexity index is 611. The van der Waals surface area contributed by atoms with E-state index in [0.717, 1.165) is 24.9 Å². The predicted molar refractivity (Wildman–Crippen MR) is 76.6 cm³/mol. The summed E-state index contributed by atoms with van der Waals surface area (Å²) in [7, 11) is 1.89. The van der Waals surface area contributed by atoms with Gasteiger partial charge in [-0.1, -0.05) is 0 Å². The molecule has 1 amide bonds. The van der Waals surface area contributed by atoms with Gasteiger partial charge in [0.1, 0.15) is 5.75 Å². The lowest BCUT2D eigenvalue weighted by molar-refractivity contribution is -0.134. The number of pyridine rings is 1. The topological polar surface area (TPSA) is 60.2 Å². The summed E-state index contributed by atoms with van der Waals surface area (Å²) in [5, 5.41) is 4.19. The van der Waals surface area contributed by atoms with Gasteiger partial charge in [0.2, 0.25) is 0 Å². The van der Waals surface area contributed by atoms with E-state index >= 15 is 0 Å². The summed E-state index contributed by atoms with van der Waals surface area (Å²) in [6.07, 6.45) is 9.07. The van der Waals surface area contributed by atoms with E-state index in [0.29, 0.717) is 5.75 Å². The van der Waals surface area contributed by atoms with Crippen LogP contribution < -0.4 is 4.74 Å². The highest BCUT2D eigenvalue weighted by Crippen LogP contribution is 2.31. The largest absolute Gasteiger partial charge is 0.482 e. The zero-order valence-electron chi connectivity index (χ0n) is 12.0. The smallest absolute Gasteiger partial charge is 0.261 e. The van der Waals surface area contributed by atoms with Crippen LogP contribution in [-0.4, -0.2) is 38.7 Å². The number of ether oxygens (including phenoxy) is 1. The fraction of sp³-hybridized carbons (Fsp3) is 0.400. The lowest BCUT2D eigenvalue weighted by Crippen LogP contribution is -2.34. The van der Waals surface area contributed by atoms with Gasteiger partial charge in [-0.05, 0) is 25.0 Å². The summed E-state index contributed by atoms with van der Waals surface area (Å²) in [6.45, 7) is 0.817. The summed E-state index contributed by atoms with van der Waals surface area (Å²) in [4.78, 5) is 18.2. The van der Waals surface area contributed by atoms with Crippen molar-refractivity contribution in [2.75, 3.05) is 13.2 Å². The standard InChI is InChI=1S/C15H18N4O2/c1-18-10-12(8-17-18)14-5-3-7-19(14)15(20)11-21-13-4-2-6-16-9-13/h2,4,6,8-10,14H,3,5,7,11H2,1H3/t14-/m0/s1. The van der Waals surface area contributed by atoms with Crippen LogP contribution in [0.4, 0.5) is 0 Å². The van der Waals surface area contributed by atoms with Crippen molar-refractivity contribution in [3.63, 3.8) is 0 Å². The van der Waals surface area contributed by atoms with Gasteiger partial charge in [0.05, 0.1) is 18.4 Å². The van der Waals surface area contributed by atoms with Gasteiger partial charge < -0.3 is 9.64 Å². The number of aromatic nitrogens is 3. The fourth-order valence-corrected chi connectivity index (χ4v) is 2.68. The second-order valence-electron chi connectivity index (χ2n) is 5.17. The van der Waals surface area contributed by atoms with Crippen molar-refractivity contribution in [1.29, 1.82) is 0 Å². The number of rotatable bonds is 4. The van der Waals surface area contributed by atoms with Crippen molar-refractivity contribution >= 4 is 5.91 Å². The number of nitrogens with zero attached hydrogens (tertiary/aromatic N) is 4. The Morgan fingerprint density at radius 2 is 2.38 bits per heavy atom. The van der Waals surface area contributed by atoms with E-state index in [9.17, 15) is 4.79 Å². The van der Waals surface area contributed by atoms with Crippen LogP contribution in [0, 0.1) is 0 Å². The molecule has 0 radical (unpaired) electrons. The highest BCUT2D eigenvalue weighted by molar-refractivity contribution is 5.78. The molecule has 0 aliphatic carbocycles. The van der Waals surface area contributed by atoms with Crippen molar-refractivity contribution < 1.29 is 9.53 Å². The third-order valence-corrected chi connectivity index (χ3v) is 3.68. The number of carbonyl (C=O) groups excluding carboxylic acids is 1. The number of carbonyl (C=O) groups is 1. The molecule has 2 aromatic heterocycles. The quantitative estimate of drug-likeness (QED) is 0.855. The van der Waals surface area contributed by atoms with E-state index in [1.54, 1.807) is 29.2 Å². The highest BCUT2D eigenvalue weighted by Gasteiger charge is 2.30. The van der Waals surface area contributed by atoms with E-state index in [1.165, 1.54) is 0 Å². The minimum Gasteiger partial charge on any atom is -0.482 e. The summed E-state index contributed by atoms with van der Waals surface area (Å²) in [6, 6.07) is 3.69. The van der Waals surface area contributed by atoms with Crippen LogP contribution in [0.15, 0.2) is 36.9 Å². The molecule has 21 heavy (non-hydrogen) atoms. The molecule has 1 aliphatic rings. The minimum atomic E-state index is 0.00482. The van der Waals surface area contributed by atoms with Gasteiger partial charge in [-0.3, -0.25) is 14.5 Å². The number of aryl methyl sites for hydroxylation is 1. The maximum atomic E-state index is 12.4. The fourth-order valence-electron chi connectivity index (χ4n) is 2.68. The van der Waals surface area contributed by atoms with Gasteiger partial charge in [0, 0.05) is 31.5 Å². The minimum absolute atomic E-state index is 0.00482. The van der Waals surface area contributed by atoms with Crippen LogP contribution in [0.3, 0.4) is 0 Å². The predicted octanol–water partition coefficient (Wildman–Crippen LogP) is 1.56. The first kappa shape index (κ1) is 13.6. The molecule has 2 aromatic rings. The van der Waals surface area contributed by atoms with Crippen LogP contribution in [0.1, 0.15) is 24.4 Å². The van der Waals surface area contributed by atoms with Crippen molar-refractivity contribution in [1.82, 2.24) is 19.7 Å². The van der Waals surface area contributed by atoms with Crippen molar-refractivity contribution in [2.45, 2.75) is 18.9 Å². The molecule has 1 saturated heterocycles. The molecule has 1 aliphatic heterocycles. The Hall–Kier alpha value is -2.37. The zero-order valence-corrected chi connectivity index (χ0v) is 12.0. The summed E-state index contributed by atoms with van der Waals surface area (Å²) >= 11 is 0. The van der Waals surface area contributed by atoms with Crippen molar-refractivity contribution in [3.05, 3.63) is 42.5 Å². The maximum absolute atomic E-state index is 12.4. The number of amides is 1. The molecular formula is C15H18N4O2. The highest BCUT2D eigenvalue weighted by atomic mass is 16.5. The van der Waals surface area contributed by atoms with Crippen molar-refractivity contribution in [2.24, 2.45) is 7.05 Å². The molecule has 0 unspecified atom stereocenters. The molecule has 0 saturated carbocycles. The van der Waals surface area contributed by atoms with Gasteiger partial charge in [-0.25, -0.2) is 0 Å². The van der Waals surface area contributed by atoms with E-state index in [2.05, 4.69) is 10.1 Å². The summed E-state index contributed by atoms with van der Waals surface area (Å²) in [5.41, 5.74) is 1.09. The first-order valence-corrected chi connectivity index (χ1v) is 7.05. The second-order valence-corrected chi connectivity index (χ2v) is 5.17. The van der Waals surface area contributed by atoms with E-state index in [1.807, 2.05) is 24.3 Å². The third kappa shape index (κ3) is 3.04. The first-order valence-electron chi connectivity index (χ1n) is 7.05.